The normalized spacial score (nSPS) is 11.5. The van der Waals surface area contributed by atoms with E-state index in [1.165, 1.54) is 6.92 Å². The summed E-state index contributed by atoms with van der Waals surface area (Å²) in [5.74, 6) is -0.278. The van der Waals surface area contributed by atoms with Crippen molar-refractivity contribution in [3.05, 3.63) is 71.8 Å². The Labute approximate surface area is 124 Å². The van der Waals surface area contributed by atoms with Crippen LogP contribution >= 0.6 is 0 Å². The van der Waals surface area contributed by atoms with Gasteiger partial charge in [0.1, 0.15) is 0 Å². The molecule has 0 aliphatic heterocycles. The van der Waals surface area contributed by atoms with Gasteiger partial charge in [-0.1, -0.05) is 48.5 Å². The highest BCUT2D eigenvalue weighted by Gasteiger charge is 2.14. The van der Waals surface area contributed by atoms with E-state index in [4.69, 9.17) is 0 Å². The maximum Gasteiger partial charge on any atom is 0.251 e. The molecule has 0 bridgehead atoms. The summed E-state index contributed by atoms with van der Waals surface area (Å²) in [5, 5.41) is 5.70. The van der Waals surface area contributed by atoms with Gasteiger partial charge in [-0.25, -0.2) is 0 Å². The molecule has 0 radical (unpaired) electrons. The average molecular weight is 282 g/mol. The Morgan fingerprint density at radius 3 is 2.10 bits per heavy atom. The van der Waals surface area contributed by atoms with E-state index in [1.807, 2.05) is 48.5 Å². The number of rotatable bonds is 5. The van der Waals surface area contributed by atoms with Crippen molar-refractivity contribution < 1.29 is 9.59 Å². The number of benzene rings is 2. The van der Waals surface area contributed by atoms with Crippen LogP contribution in [0.25, 0.3) is 0 Å². The minimum atomic E-state index is -0.239. The van der Waals surface area contributed by atoms with Crippen LogP contribution in [-0.2, 0) is 4.79 Å². The second-order valence-electron chi connectivity index (χ2n) is 4.74. The van der Waals surface area contributed by atoms with Gasteiger partial charge < -0.3 is 10.6 Å². The standard InChI is InChI=1S/C17H18N2O2/c1-13(20)19-16(14-8-4-2-5-9-14)12-18-17(21)15-10-6-3-7-11-15/h2-11,16H,12H2,1H3,(H,18,21)(H,19,20). The zero-order valence-corrected chi connectivity index (χ0v) is 11.9. The SMILES string of the molecule is CC(=O)NC(CNC(=O)c1ccccc1)c1ccccc1. The van der Waals surface area contributed by atoms with Gasteiger partial charge in [0.2, 0.25) is 5.91 Å². The summed E-state index contributed by atoms with van der Waals surface area (Å²) in [4.78, 5) is 23.4. The van der Waals surface area contributed by atoms with Crippen molar-refractivity contribution in [2.75, 3.05) is 6.54 Å². The van der Waals surface area contributed by atoms with E-state index in [9.17, 15) is 9.59 Å². The van der Waals surface area contributed by atoms with Crippen molar-refractivity contribution >= 4 is 11.8 Å². The highest BCUT2D eigenvalue weighted by Crippen LogP contribution is 2.11. The van der Waals surface area contributed by atoms with Gasteiger partial charge in [-0.3, -0.25) is 9.59 Å². The molecule has 0 heterocycles. The van der Waals surface area contributed by atoms with E-state index in [1.54, 1.807) is 12.1 Å². The molecule has 2 N–H and O–H groups in total. The van der Waals surface area contributed by atoms with Crippen molar-refractivity contribution in [1.29, 1.82) is 0 Å². The number of carbonyl (C=O) groups excluding carboxylic acids is 2. The van der Waals surface area contributed by atoms with Crippen LogP contribution in [0.4, 0.5) is 0 Å². The smallest absolute Gasteiger partial charge is 0.251 e. The zero-order chi connectivity index (χ0) is 15.1. The first-order valence-corrected chi connectivity index (χ1v) is 6.82. The van der Waals surface area contributed by atoms with Crippen LogP contribution in [0.5, 0.6) is 0 Å². The Morgan fingerprint density at radius 2 is 1.52 bits per heavy atom. The summed E-state index contributed by atoms with van der Waals surface area (Å²) < 4.78 is 0. The fourth-order valence-electron chi connectivity index (χ4n) is 2.07. The molecule has 2 aromatic rings. The third kappa shape index (κ3) is 4.45. The highest BCUT2D eigenvalue weighted by molar-refractivity contribution is 5.94. The van der Waals surface area contributed by atoms with Gasteiger partial charge in [-0.15, -0.1) is 0 Å². The van der Waals surface area contributed by atoms with E-state index < -0.39 is 0 Å². The fourth-order valence-corrected chi connectivity index (χ4v) is 2.07. The summed E-state index contributed by atoms with van der Waals surface area (Å²) in [6.45, 7) is 1.81. The molecule has 1 unspecified atom stereocenters. The molecule has 4 nitrogen and oxygen atoms in total. The number of hydrogen-bond donors (Lipinski definition) is 2. The number of carbonyl (C=O) groups is 2. The lowest BCUT2D eigenvalue weighted by molar-refractivity contribution is -0.119. The molecule has 2 amide bonds. The molecule has 0 fully saturated rings. The molecule has 0 aromatic heterocycles. The first-order chi connectivity index (χ1) is 10.2. The maximum absolute atomic E-state index is 12.0. The lowest BCUT2D eigenvalue weighted by Gasteiger charge is -2.19. The van der Waals surface area contributed by atoms with Crippen LogP contribution in [0, 0.1) is 0 Å². The molecule has 2 rings (SSSR count). The van der Waals surface area contributed by atoms with Crippen molar-refractivity contribution in [2.45, 2.75) is 13.0 Å². The molecule has 0 spiro atoms. The van der Waals surface area contributed by atoms with Gasteiger partial charge in [-0.05, 0) is 17.7 Å². The molecule has 108 valence electrons. The van der Waals surface area contributed by atoms with E-state index in [0.29, 0.717) is 12.1 Å². The molecule has 0 aliphatic carbocycles. The summed E-state index contributed by atoms with van der Waals surface area (Å²) in [5.41, 5.74) is 1.56. The van der Waals surface area contributed by atoms with E-state index >= 15 is 0 Å². The van der Waals surface area contributed by atoms with Gasteiger partial charge in [-0.2, -0.15) is 0 Å². The Kier molecular flexibility index (Phi) is 5.10. The van der Waals surface area contributed by atoms with E-state index in [0.717, 1.165) is 5.56 Å². The molecule has 0 saturated heterocycles. The Morgan fingerprint density at radius 1 is 0.952 bits per heavy atom. The third-order valence-electron chi connectivity index (χ3n) is 3.08. The highest BCUT2D eigenvalue weighted by atomic mass is 16.2. The lowest BCUT2D eigenvalue weighted by Crippen LogP contribution is -2.36. The fraction of sp³-hybridized carbons (Fsp3) is 0.176. The van der Waals surface area contributed by atoms with E-state index in [-0.39, 0.29) is 17.9 Å². The molecule has 4 heteroatoms. The van der Waals surface area contributed by atoms with Gasteiger partial charge in [0.05, 0.1) is 6.04 Å². The maximum atomic E-state index is 12.0. The molecule has 0 aliphatic rings. The average Bonchev–Trinajstić information content (AvgIpc) is 2.52. The first-order valence-electron chi connectivity index (χ1n) is 6.82. The third-order valence-corrected chi connectivity index (χ3v) is 3.08. The minimum absolute atomic E-state index is 0.127. The van der Waals surface area contributed by atoms with Crippen LogP contribution in [0.15, 0.2) is 60.7 Å². The topological polar surface area (TPSA) is 58.2 Å². The molecular weight excluding hydrogens is 264 g/mol. The lowest BCUT2D eigenvalue weighted by atomic mass is 10.1. The van der Waals surface area contributed by atoms with Crippen molar-refractivity contribution in [3.8, 4) is 0 Å². The predicted molar refractivity (Wildman–Crippen MR) is 81.8 cm³/mol. The number of nitrogens with one attached hydrogen (secondary N) is 2. The Hall–Kier alpha value is -2.62. The minimum Gasteiger partial charge on any atom is -0.350 e. The van der Waals surface area contributed by atoms with Crippen LogP contribution in [0.1, 0.15) is 28.9 Å². The zero-order valence-electron chi connectivity index (χ0n) is 11.9. The van der Waals surface area contributed by atoms with Crippen LogP contribution < -0.4 is 10.6 Å². The summed E-state index contributed by atoms with van der Waals surface area (Å²) >= 11 is 0. The summed E-state index contributed by atoms with van der Waals surface area (Å²) in [6, 6.07) is 18.3. The molecule has 2 aromatic carbocycles. The predicted octanol–water partition coefficient (Wildman–Crippen LogP) is 2.29. The molecule has 1 atom stereocenters. The second kappa shape index (κ2) is 7.24. The first kappa shape index (κ1) is 14.8. The van der Waals surface area contributed by atoms with Crippen molar-refractivity contribution in [1.82, 2.24) is 10.6 Å². The molecule has 21 heavy (non-hydrogen) atoms. The quantitative estimate of drug-likeness (QED) is 0.884. The Balaban J connectivity index is 2.03. The monoisotopic (exact) mass is 282 g/mol. The van der Waals surface area contributed by atoms with Crippen LogP contribution in [0.3, 0.4) is 0 Å². The van der Waals surface area contributed by atoms with Crippen molar-refractivity contribution in [2.24, 2.45) is 0 Å². The summed E-state index contributed by atoms with van der Waals surface area (Å²) in [7, 11) is 0. The van der Waals surface area contributed by atoms with Gasteiger partial charge >= 0.3 is 0 Å². The summed E-state index contributed by atoms with van der Waals surface area (Å²) in [6.07, 6.45) is 0. The van der Waals surface area contributed by atoms with Crippen LogP contribution in [0.2, 0.25) is 0 Å². The number of hydrogen-bond acceptors (Lipinski definition) is 2. The van der Waals surface area contributed by atoms with E-state index in [2.05, 4.69) is 10.6 Å². The second-order valence-corrected chi connectivity index (χ2v) is 4.74. The molecule has 0 saturated carbocycles. The molecular formula is C17H18N2O2. The Bertz CT molecular complexity index is 597. The van der Waals surface area contributed by atoms with Gasteiger partial charge in [0.25, 0.3) is 5.91 Å². The van der Waals surface area contributed by atoms with Crippen LogP contribution in [-0.4, -0.2) is 18.4 Å². The van der Waals surface area contributed by atoms with Crippen molar-refractivity contribution in [3.63, 3.8) is 0 Å². The van der Waals surface area contributed by atoms with Gasteiger partial charge in [0.15, 0.2) is 0 Å². The number of amides is 2. The van der Waals surface area contributed by atoms with Gasteiger partial charge in [0, 0.05) is 19.0 Å². The largest absolute Gasteiger partial charge is 0.350 e.